The van der Waals surface area contributed by atoms with Crippen LogP contribution in [0.1, 0.15) is 12.5 Å². The number of para-hydroxylation sites is 1. The van der Waals surface area contributed by atoms with Gasteiger partial charge in [0.25, 0.3) is 0 Å². The van der Waals surface area contributed by atoms with Crippen LogP contribution in [0.2, 0.25) is 0 Å². The first-order valence-corrected chi connectivity index (χ1v) is 5.77. The van der Waals surface area contributed by atoms with Crippen LogP contribution in [-0.4, -0.2) is 41.3 Å². The molecule has 3 N–H and O–H groups in total. The van der Waals surface area contributed by atoms with Gasteiger partial charge in [0.2, 0.25) is 5.91 Å². The molecule has 0 aliphatic heterocycles. The molecule has 0 saturated carbocycles. The molecule has 1 aromatic carbocycles. The summed E-state index contributed by atoms with van der Waals surface area (Å²) in [5, 5.41) is 20.4. The third-order valence-corrected chi connectivity index (χ3v) is 2.61. The molecule has 0 aliphatic rings. The van der Waals surface area contributed by atoms with Crippen molar-refractivity contribution in [3.8, 4) is 5.75 Å². The Morgan fingerprint density at radius 3 is 2.53 bits per heavy atom. The van der Waals surface area contributed by atoms with E-state index in [-0.39, 0.29) is 6.42 Å². The Balaban J connectivity index is 2.72. The maximum absolute atomic E-state index is 11.8. The molecule has 6 nitrogen and oxygen atoms in total. The number of carbonyl (C=O) groups excluding carboxylic acids is 1. The highest BCUT2D eigenvalue weighted by Gasteiger charge is 2.25. The molecule has 6 heteroatoms. The Morgan fingerprint density at radius 1 is 1.37 bits per heavy atom. The zero-order valence-corrected chi connectivity index (χ0v) is 10.8. The van der Waals surface area contributed by atoms with Gasteiger partial charge >= 0.3 is 5.97 Å². The molecule has 1 rings (SSSR count). The summed E-state index contributed by atoms with van der Waals surface area (Å²) < 4.78 is 5.10. The van der Waals surface area contributed by atoms with Crippen LogP contribution < -0.4 is 10.1 Å². The van der Waals surface area contributed by atoms with Gasteiger partial charge in [-0.1, -0.05) is 18.2 Å². The number of ether oxygens (including phenoxy) is 1. The van der Waals surface area contributed by atoms with Gasteiger partial charge in [-0.25, -0.2) is 4.79 Å². The van der Waals surface area contributed by atoms with E-state index in [9.17, 15) is 14.7 Å². The van der Waals surface area contributed by atoms with Gasteiger partial charge in [-0.3, -0.25) is 4.79 Å². The molecule has 0 radical (unpaired) electrons. The summed E-state index contributed by atoms with van der Waals surface area (Å²) in [6.07, 6.45) is -1.18. The number of nitrogens with one attached hydrogen (secondary N) is 1. The van der Waals surface area contributed by atoms with Gasteiger partial charge in [-0.15, -0.1) is 0 Å². The predicted molar refractivity (Wildman–Crippen MR) is 67.9 cm³/mol. The summed E-state index contributed by atoms with van der Waals surface area (Å²) in [6.45, 7) is 1.31. The first-order chi connectivity index (χ1) is 8.95. The molecule has 0 fully saturated rings. The van der Waals surface area contributed by atoms with Gasteiger partial charge in [0.1, 0.15) is 5.75 Å². The molecule has 0 bridgehead atoms. The van der Waals surface area contributed by atoms with Crippen molar-refractivity contribution >= 4 is 11.9 Å². The maximum Gasteiger partial charge on any atom is 0.328 e. The van der Waals surface area contributed by atoms with Gasteiger partial charge in [-0.05, 0) is 13.0 Å². The van der Waals surface area contributed by atoms with Crippen LogP contribution in [0, 0.1) is 0 Å². The van der Waals surface area contributed by atoms with Crippen LogP contribution >= 0.6 is 0 Å². The lowest BCUT2D eigenvalue weighted by molar-refractivity contribution is -0.144. The number of rotatable bonds is 6. The average Bonchev–Trinajstić information content (AvgIpc) is 2.36. The van der Waals surface area contributed by atoms with Gasteiger partial charge in [0.05, 0.1) is 19.6 Å². The number of hydrogen-bond acceptors (Lipinski definition) is 4. The molecule has 0 unspecified atom stereocenters. The summed E-state index contributed by atoms with van der Waals surface area (Å²) in [4.78, 5) is 22.6. The van der Waals surface area contributed by atoms with Crippen molar-refractivity contribution in [3.63, 3.8) is 0 Å². The number of benzene rings is 1. The van der Waals surface area contributed by atoms with Crippen molar-refractivity contribution in [2.24, 2.45) is 0 Å². The third kappa shape index (κ3) is 4.26. The van der Waals surface area contributed by atoms with Crippen molar-refractivity contribution in [2.45, 2.75) is 25.5 Å². The topological polar surface area (TPSA) is 95.9 Å². The van der Waals surface area contributed by atoms with Gasteiger partial charge in [0.15, 0.2) is 6.04 Å². The highest BCUT2D eigenvalue weighted by molar-refractivity contribution is 5.85. The van der Waals surface area contributed by atoms with Crippen molar-refractivity contribution in [1.29, 1.82) is 0 Å². The third-order valence-electron chi connectivity index (χ3n) is 2.61. The average molecular weight is 267 g/mol. The van der Waals surface area contributed by atoms with E-state index in [4.69, 9.17) is 9.84 Å². The molecule has 1 aromatic rings. The summed E-state index contributed by atoms with van der Waals surface area (Å²) in [6, 6.07) is 5.65. The molecule has 0 aromatic heterocycles. The van der Waals surface area contributed by atoms with E-state index >= 15 is 0 Å². The van der Waals surface area contributed by atoms with E-state index < -0.39 is 24.0 Å². The maximum atomic E-state index is 11.8. The Labute approximate surface area is 111 Å². The van der Waals surface area contributed by atoms with Crippen LogP contribution in [0.5, 0.6) is 5.75 Å². The number of aliphatic carboxylic acids is 1. The van der Waals surface area contributed by atoms with E-state index in [1.54, 1.807) is 24.3 Å². The lowest BCUT2D eigenvalue weighted by atomic mass is 10.1. The normalized spacial score (nSPS) is 13.4. The first-order valence-electron chi connectivity index (χ1n) is 5.77. The minimum absolute atomic E-state index is 0.0134. The molecule has 0 spiro atoms. The van der Waals surface area contributed by atoms with Crippen LogP contribution in [0.25, 0.3) is 0 Å². The fourth-order valence-electron chi connectivity index (χ4n) is 1.64. The lowest BCUT2D eigenvalue weighted by Crippen LogP contribution is -2.48. The molecule has 0 saturated heterocycles. The first kappa shape index (κ1) is 15.0. The summed E-state index contributed by atoms with van der Waals surface area (Å²) in [5.41, 5.74) is 0.650. The number of hydrogen-bond donors (Lipinski definition) is 3. The molecular weight excluding hydrogens is 250 g/mol. The number of aliphatic hydroxyl groups excluding tert-OH is 1. The minimum atomic E-state index is -1.32. The highest BCUT2D eigenvalue weighted by Crippen LogP contribution is 2.17. The Kier molecular flexibility index (Phi) is 5.32. The van der Waals surface area contributed by atoms with Gasteiger partial charge < -0.3 is 20.3 Å². The van der Waals surface area contributed by atoms with Crippen LogP contribution in [0.4, 0.5) is 0 Å². The van der Waals surface area contributed by atoms with E-state index in [0.29, 0.717) is 11.3 Å². The van der Waals surface area contributed by atoms with E-state index in [2.05, 4.69) is 5.32 Å². The van der Waals surface area contributed by atoms with Crippen molar-refractivity contribution in [1.82, 2.24) is 5.32 Å². The Hall–Kier alpha value is -2.08. The summed E-state index contributed by atoms with van der Waals surface area (Å²) in [5.74, 6) is -1.21. The monoisotopic (exact) mass is 267 g/mol. The van der Waals surface area contributed by atoms with E-state index in [0.717, 1.165) is 0 Å². The fraction of sp³-hybridized carbons (Fsp3) is 0.385. The van der Waals surface area contributed by atoms with Crippen molar-refractivity contribution in [3.05, 3.63) is 29.8 Å². The Morgan fingerprint density at radius 2 is 2.00 bits per heavy atom. The molecule has 1 amide bonds. The van der Waals surface area contributed by atoms with Gasteiger partial charge in [-0.2, -0.15) is 0 Å². The van der Waals surface area contributed by atoms with Crippen molar-refractivity contribution < 1.29 is 24.5 Å². The van der Waals surface area contributed by atoms with Crippen LogP contribution in [0.3, 0.4) is 0 Å². The molecule has 104 valence electrons. The molecule has 19 heavy (non-hydrogen) atoms. The van der Waals surface area contributed by atoms with E-state index in [1.165, 1.54) is 14.0 Å². The smallest absolute Gasteiger partial charge is 0.328 e. The Bertz CT molecular complexity index is 458. The number of methoxy groups -OCH3 is 1. The lowest BCUT2D eigenvalue weighted by Gasteiger charge is -2.17. The zero-order valence-electron chi connectivity index (χ0n) is 10.8. The largest absolute Gasteiger partial charge is 0.496 e. The second-order valence-corrected chi connectivity index (χ2v) is 4.11. The summed E-state index contributed by atoms with van der Waals surface area (Å²) in [7, 11) is 1.49. The summed E-state index contributed by atoms with van der Waals surface area (Å²) >= 11 is 0. The second kappa shape index (κ2) is 6.75. The predicted octanol–water partition coefficient (Wildman–Crippen LogP) is 0.188. The highest BCUT2D eigenvalue weighted by atomic mass is 16.5. The standard InChI is InChI=1S/C13H17NO5/c1-8(15)12(13(17)18)14-11(16)7-9-5-3-4-6-10(9)19-2/h3-6,8,12,15H,7H2,1-2H3,(H,14,16)(H,17,18)/t8-,12+/m1/s1. The number of carboxylic acids is 1. The van der Waals surface area contributed by atoms with Gasteiger partial charge in [0, 0.05) is 5.56 Å². The second-order valence-electron chi connectivity index (χ2n) is 4.11. The molecule has 2 atom stereocenters. The SMILES string of the molecule is COc1ccccc1CC(=O)N[C@H](C(=O)O)[C@@H](C)O. The van der Waals surface area contributed by atoms with Crippen LogP contribution in [0.15, 0.2) is 24.3 Å². The van der Waals surface area contributed by atoms with Crippen LogP contribution in [-0.2, 0) is 16.0 Å². The molecular formula is C13H17NO5. The number of aliphatic hydroxyl groups is 1. The zero-order chi connectivity index (χ0) is 14.4. The number of carboxylic acid groups (broad SMARTS) is 1. The molecule has 0 heterocycles. The number of carbonyl (C=O) groups is 2. The molecule has 0 aliphatic carbocycles. The number of amides is 1. The van der Waals surface area contributed by atoms with E-state index in [1.807, 2.05) is 0 Å². The van der Waals surface area contributed by atoms with Crippen molar-refractivity contribution in [2.75, 3.05) is 7.11 Å². The quantitative estimate of drug-likeness (QED) is 0.683. The minimum Gasteiger partial charge on any atom is -0.496 e. The fourth-order valence-corrected chi connectivity index (χ4v) is 1.64.